The van der Waals surface area contributed by atoms with E-state index >= 15 is 0 Å². The van der Waals surface area contributed by atoms with E-state index in [4.69, 9.17) is 0 Å². The molecule has 0 aliphatic carbocycles. The number of rotatable bonds is 0. The van der Waals surface area contributed by atoms with Gasteiger partial charge < -0.3 is 4.90 Å². The van der Waals surface area contributed by atoms with Gasteiger partial charge in [0.2, 0.25) is 5.91 Å². The number of nitrogens with zero attached hydrogens (tertiary/aromatic N) is 1. The lowest BCUT2D eigenvalue weighted by Gasteiger charge is -2.11. The number of likely N-dealkylation sites (N-methyl/N-ethyl adjacent to an activating group) is 1. The van der Waals surface area contributed by atoms with Crippen molar-refractivity contribution in [2.45, 2.75) is 6.42 Å². The normalized spacial score (nSPS) is 15.0. The SMILES string of the molecule is CN1C(=O)Cc2ccc(F)c(Br)c21. The van der Waals surface area contributed by atoms with Crippen LogP contribution in [-0.2, 0) is 11.2 Å². The molecule has 0 radical (unpaired) electrons. The minimum atomic E-state index is -0.333. The van der Waals surface area contributed by atoms with Gasteiger partial charge in [-0.05, 0) is 27.6 Å². The third kappa shape index (κ3) is 1.16. The van der Waals surface area contributed by atoms with Crippen LogP contribution in [0, 0.1) is 5.82 Å². The molecule has 1 aromatic rings. The van der Waals surface area contributed by atoms with Crippen LogP contribution in [0.25, 0.3) is 0 Å². The maximum atomic E-state index is 13.1. The highest BCUT2D eigenvalue weighted by Gasteiger charge is 2.27. The van der Waals surface area contributed by atoms with Gasteiger partial charge in [-0.3, -0.25) is 4.79 Å². The predicted molar refractivity (Wildman–Crippen MR) is 51.2 cm³/mol. The molecule has 1 heterocycles. The lowest BCUT2D eigenvalue weighted by Crippen LogP contribution is -2.21. The summed E-state index contributed by atoms with van der Waals surface area (Å²) in [6.45, 7) is 0. The van der Waals surface area contributed by atoms with Gasteiger partial charge in [0.15, 0.2) is 0 Å². The molecular formula is C9H7BrFNO. The number of halogens is 2. The fraction of sp³-hybridized carbons (Fsp3) is 0.222. The Balaban J connectivity index is 2.66. The van der Waals surface area contributed by atoms with E-state index in [2.05, 4.69) is 15.9 Å². The van der Waals surface area contributed by atoms with Crippen LogP contribution in [0.15, 0.2) is 16.6 Å². The number of hydrogen-bond donors (Lipinski definition) is 0. The molecule has 0 aromatic heterocycles. The van der Waals surface area contributed by atoms with Gasteiger partial charge in [-0.1, -0.05) is 6.07 Å². The summed E-state index contributed by atoms with van der Waals surface area (Å²) in [6, 6.07) is 3.02. The van der Waals surface area contributed by atoms with Gasteiger partial charge in [0, 0.05) is 7.05 Å². The molecule has 0 unspecified atom stereocenters. The number of benzene rings is 1. The Hall–Kier alpha value is -0.900. The number of anilines is 1. The van der Waals surface area contributed by atoms with Crippen LogP contribution in [-0.4, -0.2) is 13.0 Å². The van der Waals surface area contributed by atoms with Gasteiger partial charge in [-0.2, -0.15) is 0 Å². The van der Waals surface area contributed by atoms with Crippen molar-refractivity contribution in [3.8, 4) is 0 Å². The van der Waals surface area contributed by atoms with E-state index in [-0.39, 0.29) is 11.7 Å². The van der Waals surface area contributed by atoms with Crippen LogP contribution in [0.5, 0.6) is 0 Å². The molecule has 2 rings (SSSR count). The third-order valence-electron chi connectivity index (χ3n) is 2.20. The van der Waals surface area contributed by atoms with Crippen molar-refractivity contribution in [1.29, 1.82) is 0 Å². The van der Waals surface area contributed by atoms with E-state index in [1.54, 1.807) is 13.1 Å². The van der Waals surface area contributed by atoms with Gasteiger partial charge in [-0.25, -0.2) is 4.39 Å². The third-order valence-corrected chi connectivity index (χ3v) is 2.96. The van der Waals surface area contributed by atoms with Crippen molar-refractivity contribution >= 4 is 27.5 Å². The highest BCUT2D eigenvalue weighted by Crippen LogP contribution is 2.36. The minimum absolute atomic E-state index is 0.00120. The van der Waals surface area contributed by atoms with Crippen LogP contribution in [0.1, 0.15) is 5.56 Å². The van der Waals surface area contributed by atoms with Crippen molar-refractivity contribution in [3.05, 3.63) is 28.0 Å². The molecule has 0 saturated carbocycles. The molecule has 0 saturated heterocycles. The number of fused-ring (bicyclic) bond motifs is 1. The van der Waals surface area contributed by atoms with Crippen molar-refractivity contribution in [2.75, 3.05) is 11.9 Å². The molecule has 1 aliphatic heterocycles. The summed E-state index contributed by atoms with van der Waals surface area (Å²) in [7, 11) is 1.65. The molecule has 0 atom stereocenters. The molecule has 68 valence electrons. The summed E-state index contributed by atoms with van der Waals surface area (Å²) in [5.41, 5.74) is 1.53. The first-order valence-electron chi connectivity index (χ1n) is 3.84. The standard InChI is InChI=1S/C9H7BrFNO/c1-12-7(13)4-5-2-3-6(11)8(10)9(5)12/h2-3H,4H2,1H3. The van der Waals surface area contributed by atoms with E-state index in [9.17, 15) is 9.18 Å². The summed E-state index contributed by atoms with van der Waals surface area (Å²) in [4.78, 5) is 12.8. The van der Waals surface area contributed by atoms with Crippen LogP contribution in [0.2, 0.25) is 0 Å². The molecule has 0 N–H and O–H groups in total. The number of carbonyl (C=O) groups excluding carboxylic acids is 1. The fourth-order valence-corrected chi connectivity index (χ4v) is 2.14. The van der Waals surface area contributed by atoms with E-state index in [0.29, 0.717) is 16.6 Å². The van der Waals surface area contributed by atoms with Crippen LogP contribution >= 0.6 is 15.9 Å². The molecule has 13 heavy (non-hydrogen) atoms. The highest BCUT2D eigenvalue weighted by molar-refractivity contribution is 9.10. The fourth-order valence-electron chi connectivity index (χ4n) is 1.49. The molecule has 1 aliphatic rings. The quantitative estimate of drug-likeness (QED) is 0.684. The summed E-state index contributed by atoms with van der Waals surface area (Å²) in [5.74, 6) is -0.332. The predicted octanol–water partition coefficient (Wildman–Crippen LogP) is 2.11. The molecule has 2 nitrogen and oxygen atoms in total. The Kier molecular flexibility index (Phi) is 1.87. The average Bonchev–Trinajstić information content (AvgIpc) is 2.37. The topological polar surface area (TPSA) is 20.3 Å². The lowest BCUT2D eigenvalue weighted by atomic mass is 10.2. The first-order chi connectivity index (χ1) is 6.11. The molecule has 0 fully saturated rings. The molecule has 1 amide bonds. The van der Waals surface area contributed by atoms with E-state index < -0.39 is 0 Å². The minimum Gasteiger partial charge on any atom is -0.314 e. The first kappa shape index (κ1) is 8.69. The zero-order valence-electron chi connectivity index (χ0n) is 6.97. The summed E-state index contributed by atoms with van der Waals surface area (Å²) in [6.07, 6.45) is 0.366. The van der Waals surface area contributed by atoms with Gasteiger partial charge in [0.05, 0.1) is 16.6 Å². The molecule has 4 heteroatoms. The zero-order chi connectivity index (χ0) is 9.59. The smallest absolute Gasteiger partial charge is 0.231 e. The maximum absolute atomic E-state index is 13.1. The molecule has 0 bridgehead atoms. The number of carbonyl (C=O) groups is 1. The first-order valence-corrected chi connectivity index (χ1v) is 4.64. The number of amides is 1. The Bertz CT molecular complexity index is 391. The average molecular weight is 244 g/mol. The van der Waals surface area contributed by atoms with Crippen LogP contribution in [0.3, 0.4) is 0 Å². The van der Waals surface area contributed by atoms with E-state index in [1.165, 1.54) is 11.0 Å². The van der Waals surface area contributed by atoms with Gasteiger partial charge in [0.1, 0.15) is 5.82 Å². The monoisotopic (exact) mass is 243 g/mol. The van der Waals surface area contributed by atoms with Gasteiger partial charge in [-0.15, -0.1) is 0 Å². The van der Waals surface area contributed by atoms with Crippen molar-refractivity contribution in [1.82, 2.24) is 0 Å². The maximum Gasteiger partial charge on any atom is 0.231 e. The van der Waals surface area contributed by atoms with E-state index in [1.807, 2.05) is 0 Å². The second kappa shape index (κ2) is 2.80. The summed E-state index contributed by atoms with van der Waals surface area (Å²) in [5, 5.41) is 0. The lowest BCUT2D eigenvalue weighted by molar-refractivity contribution is -0.117. The van der Waals surface area contributed by atoms with Crippen molar-refractivity contribution in [2.24, 2.45) is 0 Å². The second-order valence-corrected chi connectivity index (χ2v) is 3.79. The van der Waals surface area contributed by atoms with Crippen molar-refractivity contribution in [3.63, 3.8) is 0 Å². The Morgan fingerprint density at radius 2 is 2.23 bits per heavy atom. The highest BCUT2D eigenvalue weighted by atomic mass is 79.9. The second-order valence-electron chi connectivity index (χ2n) is 3.00. The molecule has 0 spiro atoms. The summed E-state index contributed by atoms with van der Waals surface area (Å²) >= 11 is 3.13. The van der Waals surface area contributed by atoms with Crippen molar-refractivity contribution < 1.29 is 9.18 Å². The molecule has 1 aromatic carbocycles. The largest absolute Gasteiger partial charge is 0.314 e. The van der Waals surface area contributed by atoms with Gasteiger partial charge >= 0.3 is 0 Å². The van der Waals surface area contributed by atoms with E-state index in [0.717, 1.165) is 5.56 Å². The summed E-state index contributed by atoms with van der Waals surface area (Å²) < 4.78 is 13.5. The van der Waals surface area contributed by atoms with Crippen LogP contribution < -0.4 is 4.90 Å². The van der Waals surface area contributed by atoms with Gasteiger partial charge in [0.25, 0.3) is 0 Å². The Labute approximate surface area is 83.5 Å². The molecular weight excluding hydrogens is 237 g/mol. The zero-order valence-corrected chi connectivity index (χ0v) is 8.56. The Morgan fingerprint density at radius 1 is 1.54 bits per heavy atom. The van der Waals surface area contributed by atoms with Crippen LogP contribution in [0.4, 0.5) is 10.1 Å². The Morgan fingerprint density at radius 3 is 2.92 bits per heavy atom. The number of hydrogen-bond acceptors (Lipinski definition) is 1.